The predicted octanol–water partition coefficient (Wildman–Crippen LogP) is 3.57. The molecule has 2 aliphatic rings. The highest BCUT2D eigenvalue weighted by molar-refractivity contribution is 5.98. The van der Waals surface area contributed by atoms with E-state index in [0.717, 1.165) is 37.8 Å². The van der Waals surface area contributed by atoms with Crippen molar-refractivity contribution in [2.24, 2.45) is 11.8 Å². The van der Waals surface area contributed by atoms with Gasteiger partial charge in [0.1, 0.15) is 11.7 Å². The number of nitrogens with one attached hydrogen (secondary N) is 2. The van der Waals surface area contributed by atoms with E-state index >= 15 is 0 Å². The summed E-state index contributed by atoms with van der Waals surface area (Å²) in [6, 6.07) is 10.3. The van der Waals surface area contributed by atoms with Crippen LogP contribution < -0.4 is 15.8 Å². The molecular formula is C24H29N5O2. The number of hydrogen-bond acceptors (Lipinski definition) is 5. The van der Waals surface area contributed by atoms with E-state index in [-0.39, 0.29) is 17.4 Å². The second kappa shape index (κ2) is 8.54. The SMILES string of the molecule is CC(C)Cc1ccc(C2c3c(nc(N4CCCCC4C)[nH]c3=O)NC(=O)C2C#N)cc1. The van der Waals surface area contributed by atoms with E-state index in [9.17, 15) is 14.9 Å². The van der Waals surface area contributed by atoms with Crippen molar-refractivity contribution < 1.29 is 4.79 Å². The van der Waals surface area contributed by atoms with Crippen molar-refractivity contribution >= 4 is 17.7 Å². The lowest BCUT2D eigenvalue weighted by Crippen LogP contribution is -2.42. The fourth-order valence-corrected chi connectivity index (χ4v) is 4.74. The molecule has 7 nitrogen and oxygen atoms in total. The molecule has 0 saturated carbocycles. The smallest absolute Gasteiger partial charge is 0.258 e. The molecule has 31 heavy (non-hydrogen) atoms. The summed E-state index contributed by atoms with van der Waals surface area (Å²) in [5.41, 5.74) is 2.03. The third-order valence-corrected chi connectivity index (χ3v) is 6.31. The lowest BCUT2D eigenvalue weighted by atomic mass is 9.79. The van der Waals surface area contributed by atoms with E-state index in [2.05, 4.69) is 47.0 Å². The Kier molecular flexibility index (Phi) is 5.81. The number of aromatic amines is 1. The number of carbonyl (C=O) groups is 1. The van der Waals surface area contributed by atoms with E-state index in [1.165, 1.54) is 5.56 Å². The Balaban J connectivity index is 1.77. The van der Waals surface area contributed by atoms with Gasteiger partial charge in [0.05, 0.1) is 11.6 Å². The van der Waals surface area contributed by atoms with E-state index < -0.39 is 17.7 Å². The molecular weight excluding hydrogens is 390 g/mol. The number of hydrogen-bond donors (Lipinski definition) is 2. The zero-order valence-electron chi connectivity index (χ0n) is 18.3. The number of nitriles is 1. The summed E-state index contributed by atoms with van der Waals surface area (Å²) in [5, 5.41) is 12.4. The maximum Gasteiger partial charge on any atom is 0.258 e. The van der Waals surface area contributed by atoms with Crippen LogP contribution in [0.25, 0.3) is 0 Å². The Morgan fingerprint density at radius 3 is 2.61 bits per heavy atom. The largest absolute Gasteiger partial charge is 0.340 e. The zero-order valence-corrected chi connectivity index (χ0v) is 18.3. The number of aromatic nitrogens is 2. The fraction of sp³-hybridized carbons (Fsp3) is 0.500. The van der Waals surface area contributed by atoms with Crippen LogP contribution in [0.1, 0.15) is 62.6 Å². The summed E-state index contributed by atoms with van der Waals surface area (Å²) in [4.78, 5) is 35.6. The zero-order chi connectivity index (χ0) is 22.1. The Morgan fingerprint density at radius 2 is 1.97 bits per heavy atom. The summed E-state index contributed by atoms with van der Waals surface area (Å²) in [5.74, 6) is -0.762. The van der Waals surface area contributed by atoms with Gasteiger partial charge in [-0.15, -0.1) is 0 Å². The number of amides is 1. The maximum atomic E-state index is 13.2. The first-order chi connectivity index (χ1) is 14.9. The van der Waals surface area contributed by atoms with Gasteiger partial charge in [0, 0.05) is 18.5 Å². The molecule has 0 aliphatic carbocycles. The van der Waals surface area contributed by atoms with Crippen LogP contribution in [0, 0.1) is 23.2 Å². The van der Waals surface area contributed by atoms with E-state index in [1.807, 2.05) is 24.3 Å². The molecule has 3 unspecified atom stereocenters. The molecule has 1 saturated heterocycles. The molecule has 0 radical (unpaired) electrons. The number of carbonyl (C=O) groups excluding carboxylic acids is 1. The van der Waals surface area contributed by atoms with E-state index in [4.69, 9.17) is 0 Å². The van der Waals surface area contributed by atoms with Gasteiger partial charge in [-0.3, -0.25) is 14.6 Å². The Morgan fingerprint density at radius 1 is 1.23 bits per heavy atom. The summed E-state index contributed by atoms with van der Waals surface area (Å²) in [6.45, 7) is 7.25. The number of H-pyrrole nitrogens is 1. The lowest BCUT2D eigenvalue weighted by molar-refractivity contribution is -0.119. The standard InChI is InChI=1S/C24H29N5O2/c1-14(2)12-16-7-9-17(10-8-16)19-18(13-25)22(30)26-21-20(19)23(31)28-24(27-21)29-11-5-4-6-15(29)3/h7-10,14-15,18-19H,4-6,11-12H2,1-3H3,(H2,26,27,28,30,31). The molecule has 0 bridgehead atoms. The third kappa shape index (κ3) is 4.07. The summed E-state index contributed by atoms with van der Waals surface area (Å²) in [7, 11) is 0. The molecule has 7 heteroatoms. The highest BCUT2D eigenvalue weighted by Gasteiger charge is 2.40. The van der Waals surface area contributed by atoms with Gasteiger partial charge in [-0.05, 0) is 49.7 Å². The normalized spacial score (nSPS) is 23.3. The first-order valence-corrected chi connectivity index (χ1v) is 11.1. The minimum Gasteiger partial charge on any atom is -0.340 e. The van der Waals surface area contributed by atoms with Crippen LogP contribution in [0.5, 0.6) is 0 Å². The van der Waals surface area contributed by atoms with Crippen LogP contribution in [0.2, 0.25) is 0 Å². The van der Waals surface area contributed by atoms with Crippen LogP contribution >= 0.6 is 0 Å². The van der Waals surface area contributed by atoms with Crippen molar-refractivity contribution in [3.8, 4) is 6.07 Å². The number of piperidine rings is 1. The summed E-state index contributed by atoms with van der Waals surface area (Å²) in [6.07, 6.45) is 4.18. The lowest BCUT2D eigenvalue weighted by Gasteiger charge is -2.35. The molecule has 4 rings (SSSR count). The maximum absolute atomic E-state index is 13.2. The quantitative estimate of drug-likeness (QED) is 0.789. The molecule has 2 aromatic rings. The second-order valence-electron chi connectivity index (χ2n) is 9.10. The van der Waals surface area contributed by atoms with Gasteiger partial charge >= 0.3 is 0 Å². The highest BCUT2D eigenvalue weighted by atomic mass is 16.2. The van der Waals surface area contributed by atoms with Crippen molar-refractivity contribution in [2.75, 3.05) is 16.8 Å². The number of rotatable bonds is 4. The van der Waals surface area contributed by atoms with Gasteiger partial charge in [-0.2, -0.15) is 10.2 Å². The molecule has 3 heterocycles. The molecule has 1 aromatic carbocycles. The molecule has 2 aliphatic heterocycles. The first kappa shape index (κ1) is 21.1. The Labute approximate surface area is 182 Å². The molecule has 1 aromatic heterocycles. The van der Waals surface area contributed by atoms with Crippen molar-refractivity contribution in [3.63, 3.8) is 0 Å². The summed E-state index contributed by atoms with van der Waals surface area (Å²) >= 11 is 0. The van der Waals surface area contributed by atoms with Crippen LogP contribution in [0.4, 0.5) is 11.8 Å². The average molecular weight is 420 g/mol. The number of nitrogens with zero attached hydrogens (tertiary/aromatic N) is 3. The molecule has 162 valence electrons. The van der Waals surface area contributed by atoms with Crippen LogP contribution in [0.15, 0.2) is 29.1 Å². The van der Waals surface area contributed by atoms with Crippen LogP contribution in [0.3, 0.4) is 0 Å². The van der Waals surface area contributed by atoms with Crippen molar-refractivity contribution in [1.82, 2.24) is 9.97 Å². The van der Waals surface area contributed by atoms with E-state index in [1.54, 1.807) is 0 Å². The molecule has 3 atom stereocenters. The van der Waals surface area contributed by atoms with Gasteiger partial charge in [0.15, 0.2) is 0 Å². The van der Waals surface area contributed by atoms with Crippen LogP contribution in [-0.4, -0.2) is 28.5 Å². The monoisotopic (exact) mass is 419 g/mol. The molecule has 1 fully saturated rings. The van der Waals surface area contributed by atoms with Gasteiger partial charge < -0.3 is 10.2 Å². The molecule has 0 spiro atoms. The third-order valence-electron chi connectivity index (χ3n) is 6.31. The Bertz CT molecular complexity index is 1070. The summed E-state index contributed by atoms with van der Waals surface area (Å²) < 4.78 is 0. The topological polar surface area (TPSA) is 102 Å². The van der Waals surface area contributed by atoms with Gasteiger partial charge in [0.25, 0.3) is 5.56 Å². The number of anilines is 2. The number of fused-ring (bicyclic) bond motifs is 1. The minimum atomic E-state index is -0.980. The van der Waals surface area contributed by atoms with Crippen molar-refractivity contribution in [1.29, 1.82) is 5.26 Å². The van der Waals surface area contributed by atoms with Gasteiger partial charge in [-0.25, -0.2) is 0 Å². The van der Waals surface area contributed by atoms with E-state index in [0.29, 0.717) is 17.4 Å². The number of benzene rings is 1. The fourth-order valence-electron chi connectivity index (χ4n) is 4.74. The van der Waals surface area contributed by atoms with Crippen molar-refractivity contribution in [3.05, 3.63) is 51.3 Å². The van der Waals surface area contributed by atoms with Crippen LogP contribution in [-0.2, 0) is 11.2 Å². The van der Waals surface area contributed by atoms with Gasteiger partial charge in [-0.1, -0.05) is 38.1 Å². The van der Waals surface area contributed by atoms with Gasteiger partial charge in [0.2, 0.25) is 11.9 Å². The Hall–Kier alpha value is -3.14. The minimum absolute atomic E-state index is 0.268. The first-order valence-electron chi connectivity index (χ1n) is 11.1. The highest BCUT2D eigenvalue weighted by Crippen LogP contribution is 2.38. The predicted molar refractivity (Wildman–Crippen MR) is 120 cm³/mol. The molecule has 1 amide bonds. The second-order valence-corrected chi connectivity index (χ2v) is 9.10. The molecule has 2 N–H and O–H groups in total. The average Bonchev–Trinajstić information content (AvgIpc) is 2.73. The van der Waals surface area contributed by atoms with Crippen molar-refractivity contribution in [2.45, 2.75) is 58.4 Å².